The average molecular weight is 241 g/mol. The Morgan fingerprint density at radius 3 is 1.27 bits per heavy atom. The third kappa shape index (κ3) is 10.3. The van der Waals surface area contributed by atoms with Gasteiger partial charge in [0.2, 0.25) is 0 Å². The summed E-state index contributed by atoms with van der Waals surface area (Å²) in [5, 5.41) is 0. The molecular formula is C8H18O6P. The molecular weight excluding hydrogens is 223 g/mol. The largest absolute Gasteiger partial charge is 0.557 e. The normalized spacial score (nSPS) is 14.3. The molecule has 0 aromatic carbocycles. The van der Waals surface area contributed by atoms with E-state index in [1.807, 2.05) is 0 Å². The van der Waals surface area contributed by atoms with Gasteiger partial charge in [-0.05, 0) is 41.5 Å². The third-order valence-electron chi connectivity index (χ3n) is 0.757. The second kappa shape index (κ2) is 4.91. The zero-order valence-electron chi connectivity index (χ0n) is 9.90. The smallest absolute Gasteiger partial charge is 0.221 e. The van der Waals surface area contributed by atoms with Gasteiger partial charge < -0.3 is 0 Å². The van der Waals surface area contributed by atoms with Crippen molar-refractivity contribution in [2.75, 3.05) is 0 Å². The fraction of sp³-hybridized carbons (Fsp3) is 1.00. The minimum absolute atomic E-state index is 0.745. The van der Waals surface area contributed by atoms with Gasteiger partial charge in [0.25, 0.3) is 0 Å². The minimum atomic E-state index is -4.58. The molecule has 0 atom stereocenters. The third-order valence-corrected chi connectivity index (χ3v) is 1.27. The van der Waals surface area contributed by atoms with E-state index >= 15 is 0 Å². The van der Waals surface area contributed by atoms with Crippen LogP contribution in [-0.2, 0) is 28.6 Å². The fourth-order valence-corrected chi connectivity index (χ4v) is 0.982. The maximum absolute atomic E-state index is 11.1. The standard InChI is InChI=1S/C8H18O6P/c1-7(2,3)11-13-15(9,10)14-12-8(4,5)6/h1-6H3. The summed E-state index contributed by atoms with van der Waals surface area (Å²) >= 11 is 0. The van der Waals surface area contributed by atoms with Crippen molar-refractivity contribution in [3.05, 3.63) is 0 Å². The Hall–Kier alpha value is 0.0300. The first-order valence-electron chi connectivity index (χ1n) is 4.47. The summed E-state index contributed by atoms with van der Waals surface area (Å²) in [6.07, 6.45) is 0. The van der Waals surface area contributed by atoms with Gasteiger partial charge in [-0.2, -0.15) is 0 Å². The SMILES string of the molecule is CC(C)(C)OOP([O])(=O)OOC(C)(C)C. The van der Waals surface area contributed by atoms with Gasteiger partial charge in [-0.25, -0.2) is 14.3 Å². The maximum Gasteiger partial charge on any atom is 0.557 e. The van der Waals surface area contributed by atoms with Crippen molar-refractivity contribution in [2.24, 2.45) is 0 Å². The van der Waals surface area contributed by atoms with Gasteiger partial charge in [0.05, 0.1) is 11.2 Å². The van der Waals surface area contributed by atoms with E-state index in [9.17, 15) is 9.46 Å². The molecule has 0 saturated carbocycles. The molecule has 0 aromatic heterocycles. The summed E-state index contributed by atoms with van der Waals surface area (Å²) in [5.74, 6) is 0. The first-order chi connectivity index (χ1) is 6.41. The first-order valence-corrected chi connectivity index (χ1v) is 5.93. The van der Waals surface area contributed by atoms with E-state index < -0.39 is 19.0 Å². The summed E-state index contributed by atoms with van der Waals surface area (Å²) in [4.78, 5) is 20.2. The summed E-state index contributed by atoms with van der Waals surface area (Å²) in [6, 6.07) is 0. The molecule has 0 amide bonds. The van der Waals surface area contributed by atoms with Gasteiger partial charge in [0.15, 0.2) is 0 Å². The molecule has 6 nitrogen and oxygen atoms in total. The van der Waals surface area contributed by atoms with Crippen LogP contribution in [0.2, 0.25) is 0 Å². The molecule has 91 valence electrons. The van der Waals surface area contributed by atoms with Crippen LogP contribution in [-0.4, -0.2) is 11.2 Å². The Labute approximate surface area is 90.0 Å². The molecule has 0 aromatic rings. The van der Waals surface area contributed by atoms with Crippen LogP contribution in [0.25, 0.3) is 0 Å². The van der Waals surface area contributed by atoms with Gasteiger partial charge in [0, 0.05) is 0 Å². The van der Waals surface area contributed by atoms with E-state index in [2.05, 4.69) is 19.1 Å². The maximum atomic E-state index is 11.1. The Bertz CT molecular complexity index is 216. The van der Waals surface area contributed by atoms with Crippen molar-refractivity contribution >= 4 is 7.82 Å². The van der Waals surface area contributed by atoms with Crippen LogP contribution in [0.3, 0.4) is 0 Å². The predicted octanol–water partition coefficient (Wildman–Crippen LogP) is 3.02. The van der Waals surface area contributed by atoms with Crippen LogP contribution in [0.4, 0.5) is 0 Å². The van der Waals surface area contributed by atoms with Crippen molar-refractivity contribution in [2.45, 2.75) is 52.7 Å². The molecule has 15 heavy (non-hydrogen) atoms. The molecule has 0 rings (SSSR count). The lowest BCUT2D eigenvalue weighted by Gasteiger charge is -2.21. The van der Waals surface area contributed by atoms with Crippen molar-refractivity contribution in [3.8, 4) is 0 Å². The van der Waals surface area contributed by atoms with Crippen LogP contribution in [0, 0.1) is 0 Å². The molecule has 7 heteroatoms. The van der Waals surface area contributed by atoms with Crippen LogP contribution in [0.5, 0.6) is 0 Å². The van der Waals surface area contributed by atoms with E-state index in [-0.39, 0.29) is 0 Å². The summed E-state index contributed by atoms with van der Waals surface area (Å²) in [5.41, 5.74) is -1.49. The second-order valence-corrected chi connectivity index (χ2v) is 6.18. The topological polar surface area (TPSA) is 73.9 Å². The summed E-state index contributed by atoms with van der Waals surface area (Å²) in [7, 11) is -4.58. The molecule has 0 N–H and O–H groups in total. The van der Waals surface area contributed by atoms with Gasteiger partial charge in [-0.1, -0.05) is 0 Å². The Morgan fingerprint density at radius 2 is 1.07 bits per heavy atom. The van der Waals surface area contributed by atoms with Crippen molar-refractivity contribution in [1.82, 2.24) is 0 Å². The van der Waals surface area contributed by atoms with Gasteiger partial charge in [-0.15, -0.1) is 14.2 Å². The Balaban J connectivity index is 4.04. The lowest BCUT2D eigenvalue weighted by Crippen LogP contribution is -2.21. The zero-order valence-corrected chi connectivity index (χ0v) is 10.8. The van der Waals surface area contributed by atoms with Gasteiger partial charge in [0.1, 0.15) is 0 Å². The van der Waals surface area contributed by atoms with E-state index in [1.54, 1.807) is 41.5 Å². The molecule has 0 aliphatic heterocycles. The van der Waals surface area contributed by atoms with Crippen LogP contribution < -0.4 is 0 Å². The monoisotopic (exact) mass is 241 g/mol. The zero-order chi connectivity index (χ0) is 12.3. The Kier molecular flexibility index (Phi) is 4.92. The van der Waals surface area contributed by atoms with Crippen molar-refractivity contribution < 1.29 is 28.6 Å². The summed E-state index contributed by atoms with van der Waals surface area (Å²) < 4.78 is 19.3. The number of rotatable bonds is 4. The second-order valence-electron chi connectivity index (χ2n) is 4.99. The van der Waals surface area contributed by atoms with E-state index in [0.717, 1.165) is 0 Å². The first kappa shape index (κ1) is 15.0. The molecule has 0 saturated heterocycles. The Morgan fingerprint density at radius 1 is 0.800 bits per heavy atom. The predicted molar refractivity (Wildman–Crippen MR) is 52.1 cm³/mol. The fourth-order valence-electron chi connectivity index (χ4n) is 0.327. The molecule has 0 heterocycles. The van der Waals surface area contributed by atoms with Crippen LogP contribution in [0.1, 0.15) is 41.5 Å². The highest BCUT2D eigenvalue weighted by atomic mass is 31.2. The highest BCUT2D eigenvalue weighted by molar-refractivity contribution is 7.46. The van der Waals surface area contributed by atoms with Crippen LogP contribution in [0.15, 0.2) is 0 Å². The number of hydrogen-bond donors (Lipinski definition) is 0. The minimum Gasteiger partial charge on any atom is -0.221 e. The summed E-state index contributed by atoms with van der Waals surface area (Å²) in [6.45, 7) is 9.82. The molecule has 0 aliphatic rings. The van der Waals surface area contributed by atoms with Gasteiger partial charge in [-0.3, -0.25) is 0 Å². The lowest BCUT2D eigenvalue weighted by molar-refractivity contribution is -0.338. The van der Waals surface area contributed by atoms with E-state index in [1.165, 1.54) is 0 Å². The van der Waals surface area contributed by atoms with Crippen molar-refractivity contribution in [1.29, 1.82) is 0 Å². The molecule has 0 fully saturated rings. The quantitative estimate of drug-likeness (QED) is 0.429. The van der Waals surface area contributed by atoms with E-state index in [0.29, 0.717) is 0 Å². The highest BCUT2D eigenvalue weighted by Gasteiger charge is 2.32. The van der Waals surface area contributed by atoms with E-state index in [4.69, 9.17) is 0 Å². The van der Waals surface area contributed by atoms with Gasteiger partial charge >= 0.3 is 7.82 Å². The van der Waals surface area contributed by atoms with Crippen molar-refractivity contribution in [3.63, 3.8) is 0 Å². The highest BCUT2D eigenvalue weighted by Crippen LogP contribution is 2.46. The molecule has 0 aliphatic carbocycles. The molecule has 1 radical (unpaired) electrons. The molecule has 0 unspecified atom stereocenters. The van der Waals surface area contributed by atoms with Crippen LogP contribution >= 0.6 is 7.82 Å². The molecule has 0 bridgehead atoms. The lowest BCUT2D eigenvalue weighted by atomic mass is 10.2. The average Bonchev–Trinajstić information content (AvgIpc) is 1.96. The molecule has 0 spiro atoms. The number of hydrogen-bond acceptors (Lipinski definition) is 5.